The first-order valence-electron chi connectivity index (χ1n) is 18.8. The zero-order chi connectivity index (χ0) is 39.3. The zero-order valence-corrected chi connectivity index (χ0v) is 31.2. The molecule has 0 bridgehead atoms. The molecule has 0 unspecified atom stereocenters. The van der Waals surface area contributed by atoms with Gasteiger partial charge in [0.25, 0.3) is 0 Å². The summed E-state index contributed by atoms with van der Waals surface area (Å²) >= 11 is 0. The number of hydrogen-bond acceptors (Lipinski definition) is 6. The van der Waals surface area contributed by atoms with E-state index in [1.807, 2.05) is 97.1 Å². The maximum atomic E-state index is 9.37. The topological polar surface area (TPSA) is 99.1 Å². The van der Waals surface area contributed by atoms with Crippen LogP contribution in [-0.2, 0) is 0 Å². The molecule has 6 nitrogen and oxygen atoms in total. The lowest BCUT2D eigenvalue weighted by Crippen LogP contribution is -2.00. The van der Waals surface area contributed by atoms with Crippen LogP contribution in [0.25, 0.3) is 90.1 Å². The molecule has 0 saturated heterocycles. The summed E-state index contributed by atoms with van der Waals surface area (Å²) in [4.78, 5) is 19.8. The Balaban J connectivity index is 1.03. The highest BCUT2D eigenvalue weighted by Crippen LogP contribution is 2.33. The van der Waals surface area contributed by atoms with E-state index in [2.05, 4.69) is 97.1 Å². The summed E-state index contributed by atoms with van der Waals surface area (Å²) in [6, 6.07) is 68.9. The Hall–Kier alpha value is -8.32. The predicted octanol–water partition coefficient (Wildman–Crippen LogP) is 12.3. The SMILES string of the molecule is N#Cc1ccc(-c2cc(-c3ccccc3)cc(-c3ccc(-c4ccc(-c5nc(-c6ccc(C#N)cc6)nc(-c6ccc(-c7ccccc7)cc6)n5)cc4)cc3)n2)cc1. The van der Waals surface area contributed by atoms with Crippen LogP contribution >= 0.6 is 0 Å². The third kappa shape index (κ3) is 7.50. The van der Waals surface area contributed by atoms with Crippen LogP contribution in [0.3, 0.4) is 0 Å². The summed E-state index contributed by atoms with van der Waals surface area (Å²) in [7, 11) is 0. The largest absolute Gasteiger partial charge is 0.248 e. The molecule has 0 saturated carbocycles. The quantitative estimate of drug-likeness (QED) is 0.154. The fourth-order valence-corrected chi connectivity index (χ4v) is 6.88. The summed E-state index contributed by atoms with van der Waals surface area (Å²) < 4.78 is 0. The Kier molecular flexibility index (Phi) is 9.64. The van der Waals surface area contributed by atoms with Crippen molar-refractivity contribution in [3.63, 3.8) is 0 Å². The summed E-state index contributed by atoms with van der Waals surface area (Å²) in [6.45, 7) is 0. The van der Waals surface area contributed by atoms with Crippen LogP contribution in [0.2, 0.25) is 0 Å². The first-order valence-corrected chi connectivity index (χ1v) is 18.8. The molecule has 0 aliphatic heterocycles. The average Bonchev–Trinajstić information content (AvgIpc) is 3.32. The van der Waals surface area contributed by atoms with E-state index in [4.69, 9.17) is 19.9 Å². The fourth-order valence-electron chi connectivity index (χ4n) is 6.88. The van der Waals surface area contributed by atoms with E-state index in [0.717, 1.165) is 72.6 Å². The van der Waals surface area contributed by atoms with E-state index >= 15 is 0 Å². The van der Waals surface area contributed by atoms with E-state index in [1.54, 1.807) is 12.1 Å². The normalized spacial score (nSPS) is 10.7. The van der Waals surface area contributed by atoms with Gasteiger partial charge in [-0.15, -0.1) is 0 Å². The van der Waals surface area contributed by atoms with Gasteiger partial charge in [-0.3, -0.25) is 0 Å². The van der Waals surface area contributed by atoms with Gasteiger partial charge in [-0.2, -0.15) is 10.5 Å². The lowest BCUT2D eigenvalue weighted by atomic mass is 9.98. The minimum absolute atomic E-state index is 0.531. The monoisotopic (exact) mass is 740 g/mol. The van der Waals surface area contributed by atoms with Gasteiger partial charge in [-0.05, 0) is 81.9 Å². The van der Waals surface area contributed by atoms with Gasteiger partial charge in [0.2, 0.25) is 0 Å². The van der Waals surface area contributed by atoms with Gasteiger partial charge in [-0.25, -0.2) is 19.9 Å². The first kappa shape index (κ1) is 35.4. The predicted molar refractivity (Wildman–Crippen MR) is 231 cm³/mol. The minimum atomic E-state index is 0.531. The van der Waals surface area contributed by atoms with Crippen molar-refractivity contribution in [1.82, 2.24) is 19.9 Å². The van der Waals surface area contributed by atoms with Crippen molar-refractivity contribution in [1.29, 1.82) is 10.5 Å². The molecule has 7 aromatic carbocycles. The maximum Gasteiger partial charge on any atom is 0.164 e. The summed E-state index contributed by atoms with van der Waals surface area (Å²) in [6.07, 6.45) is 0. The summed E-state index contributed by atoms with van der Waals surface area (Å²) in [5.41, 5.74) is 13.9. The lowest BCUT2D eigenvalue weighted by molar-refractivity contribution is 1.07. The number of rotatable bonds is 8. The van der Waals surface area contributed by atoms with Gasteiger partial charge in [0.05, 0.1) is 34.7 Å². The van der Waals surface area contributed by atoms with Crippen LogP contribution in [0.1, 0.15) is 11.1 Å². The average molecular weight is 741 g/mol. The Morgan fingerprint density at radius 3 is 0.897 bits per heavy atom. The van der Waals surface area contributed by atoms with E-state index in [0.29, 0.717) is 28.6 Å². The molecule has 0 spiro atoms. The Bertz CT molecular complexity index is 2950. The van der Waals surface area contributed by atoms with Crippen LogP contribution in [0.4, 0.5) is 0 Å². The number of pyridine rings is 1. The summed E-state index contributed by atoms with van der Waals surface area (Å²) in [5.74, 6) is 1.65. The van der Waals surface area contributed by atoms with E-state index in [9.17, 15) is 10.5 Å². The van der Waals surface area contributed by atoms with Crippen molar-refractivity contribution in [2.24, 2.45) is 0 Å². The molecule has 0 radical (unpaired) electrons. The Labute approximate surface area is 336 Å². The molecule has 0 fully saturated rings. The number of hydrogen-bond donors (Lipinski definition) is 0. The van der Waals surface area contributed by atoms with Gasteiger partial charge in [0, 0.05) is 27.8 Å². The van der Waals surface area contributed by atoms with Crippen LogP contribution in [0.5, 0.6) is 0 Å². The highest BCUT2D eigenvalue weighted by atomic mass is 15.0. The number of nitrogens with zero attached hydrogens (tertiary/aromatic N) is 6. The Morgan fingerprint density at radius 2 is 0.534 bits per heavy atom. The van der Waals surface area contributed by atoms with Crippen molar-refractivity contribution >= 4 is 0 Å². The van der Waals surface area contributed by atoms with Gasteiger partial charge < -0.3 is 0 Å². The second-order valence-electron chi connectivity index (χ2n) is 13.8. The van der Waals surface area contributed by atoms with Crippen molar-refractivity contribution in [3.8, 4) is 102 Å². The highest BCUT2D eigenvalue weighted by Gasteiger charge is 2.14. The minimum Gasteiger partial charge on any atom is -0.248 e. The van der Waals surface area contributed by atoms with Crippen molar-refractivity contribution in [3.05, 3.63) is 205 Å². The van der Waals surface area contributed by atoms with Crippen LogP contribution in [-0.4, -0.2) is 19.9 Å². The molecule has 9 aromatic rings. The molecular formula is C52H32N6. The van der Waals surface area contributed by atoms with Crippen LogP contribution < -0.4 is 0 Å². The molecule has 0 aliphatic carbocycles. The van der Waals surface area contributed by atoms with E-state index < -0.39 is 0 Å². The molecule has 58 heavy (non-hydrogen) atoms. The Morgan fingerprint density at radius 1 is 0.259 bits per heavy atom. The van der Waals surface area contributed by atoms with E-state index in [1.165, 1.54) is 0 Å². The van der Waals surface area contributed by atoms with Crippen LogP contribution in [0.15, 0.2) is 194 Å². The first-order chi connectivity index (χ1) is 28.6. The van der Waals surface area contributed by atoms with Gasteiger partial charge in [0.1, 0.15) is 0 Å². The third-order valence-electron chi connectivity index (χ3n) is 10.1. The molecule has 2 heterocycles. The fraction of sp³-hybridized carbons (Fsp3) is 0. The number of aromatic nitrogens is 4. The molecule has 2 aromatic heterocycles. The number of benzene rings is 7. The van der Waals surface area contributed by atoms with Crippen molar-refractivity contribution in [2.75, 3.05) is 0 Å². The summed E-state index contributed by atoms with van der Waals surface area (Å²) in [5, 5.41) is 18.7. The van der Waals surface area contributed by atoms with Crippen molar-refractivity contribution in [2.45, 2.75) is 0 Å². The molecule has 6 heteroatoms. The molecule has 9 rings (SSSR count). The van der Waals surface area contributed by atoms with Gasteiger partial charge >= 0.3 is 0 Å². The molecule has 0 N–H and O–H groups in total. The molecule has 270 valence electrons. The number of nitriles is 2. The second kappa shape index (κ2) is 15.8. The molecule has 0 amide bonds. The zero-order valence-electron chi connectivity index (χ0n) is 31.2. The molecular weight excluding hydrogens is 709 g/mol. The van der Waals surface area contributed by atoms with Gasteiger partial charge in [-0.1, -0.05) is 146 Å². The standard InChI is InChI=1S/C52H32N6/c53-33-35-11-15-42(16-12-35)48-31-47(38-9-5-2-6-10-38)32-49(55-48)43-25-19-40(20-26-43)41-23-29-46(30-24-41)52-57-50(44-17-13-36(34-54)14-18-44)56-51(58-52)45-27-21-39(22-28-45)37-7-3-1-4-8-37/h1-32H. The third-order valence-corrected chi connectivity index (χ3v) is 10.1. The van der Waals surface area contributed by atoms with E-state index in [-0.39, 0.29) is 0 Å². The van der Waals surface area contributed by atoms with Gasteiger partial charge in [0.15, 0.2) is 17.5 Å². The lowest BCUT2D eigenvalue weighted by Gasteiger charge is -2.11. The van der Waals surface area contributed by atoms with Crippen molar-refractivity contribution < 1.29 is 0 Å². The molecule has 0 atom stereocenters. The second-order valence-corrected chi connectivity index (χ2v) is 13.8. The smallest absolute Gasteiger partial charge is 0.164 e. The molecule has 0 aliphatic rings. The maximum absolute atomic E-state index is 9.37. The van der Waals surface area contributed by atoms with Crippen LogP contribution in [0, 0.1) is 22.7 Å². The highest BCUT2D eigenvalue weighted by molar-refractivity contribution is 5.79.